The second kappa shape index (κ2) is 6.45. The van der Waals surface area contributed by atoms with Crippen molar-refractivity contribution in [2.45, 2.75) is 32.5 Å². The summed E-state index contributed by atoms with van der Waals surface area (Å²) in [5.74, 6) is 0.864. The Morgan fingerprint density at radius 2 is 2.06 bits per heavy atom. The molecule has 0 aliphatic carbocycles. The van der Waals surface area contributed by atoms with Crippen LogP contribution in [0.2, 0.25) is 0 Å². The fraction of sp³-hybridized carbons (Fsp3) is 0.467. The van der Waals surface area contributed by atoms with Crippen molar-refractivity contribution < 1.29 is 14.2 Å². The summed E-state index contributed by atoms with van der Waals surface area (Å²) < 4.78 is 16.3. The molecule has 0 radical (unpaired) electrons. The van der Waals surface area contributed by atoms with Gasteiger partial charge in [-0.3, -0.25) is 0 Å². The van der Waals surface area contributed by atoms with Crippen LogP contribution in [0.25, 0.3) is 5.57 Å². The molecule has 3 heteroatoms. The van der Waals surface area contributed by atoms with Gasteiger partial charge in [0.05, 0.1) is 20.0 Å². The van der Waals surface area contributed by atoms with Crippen molar-refractivity contribution in [1.29, 1.82) is 0 Å². The smallest absolute Gasteiger partial charge is 0.198 e. The molecule has 0 spiro atoms. The quantitative estimate of drug-likeness (QED) is 0.762. The normalized spacial score (nSPS) is 20.6. The number of hydrogen-bond acceptors (Lipinski definition) is 3. The molecule has 1 unspecified atom stereocenters. The van der Waals surface area contributed by atoms with Crippen LogP contribution in [-0.4, -0.2) is 20.0 Å². The van der Waals surface area contributed by atoms with Crippen molar-refractivity contribution in [3.8, 4) is 5.75 Å². The van der Waals surface area contributed by atoms with Crippen LogP contribution in [0, 0.1) is 0 Å². The van der Waals surface area contributed by atoms with E-state index in [2.05, 4.69) is 0 Å². The van der Waals surface area contributed by atoms with Crippen LogP contribution in [0.15, 0.2) is 30.5 Å². The van der Waals surface area contributed by atoms with Gasteiger partial charge in [0.15, 0.2) is 6.29 Å². The summed E-state index contributed by atoms with van der Waals surface area (Å²) in [6.07, 6.45) is 5.01. The summed E-state index contributed by atoms with van der Waals surface area (Å²) in [6.45, 7) is 2.84. The molecule has 0 aromatic heterocycles. The molecule has 1 aromatic carbocycles. The van der Waals surface area contributed by atoms with Gasteiger partial charge in [-0.2, -0.15) is 0 Å². The predicted octanol–water partition coefficient (Wildman–Crippen LogP) is 3.60. The Morgan fingerprint density at radius 1 is 1.28 bits per heavy atom. The third-order valence-electron chi connectivity index (χ3n) is 3.08. The predicted molar refractivity (Wildman–Crippen MR) is 71.3 cm³/mol. The third kappa shape index (κ3) is 3.50. The molecule has 2 rings (SSSR count). The topological polar surface area (TPSA) is 27.7 Å². The van der Waals surface area contributed by atoms with Crippen molar-refractivity contribution in [2.75, 3.05) is 13.7 Å². The van der Waals surface area contributed by atoms with E-state index in [1.165, 1.54) is 6.42 Å². The summed E-state index contributed by atoms with van der Waals surface area (Å²) >= 11 is 0. The lowest BCUT2D eigenvalue weighted by atomic mass is 10.1. The fourth-order valence-corrected chi connectivity index (χ4v) is 1.92. The summed E-state index contributed by atoms with van der Waals surface area (Å²) in [5.41, 5.74) is 2.22. The van der Waals surface area contributed by atoms with Crippen LogP contribution < -0.4 is 4.74 Å². The molecule has 1 fully saturated rings. The second-order valence-corrected chi connectivity index (χ2v) is 4.46. The van der Waals surface area contributed by atoms with Gasteiger partial charge in [0.25, 0.3) is 0 Å². The molecule has 1 aromatic rings. The molecule has 1 atom stereocenters. The van der Waals surface area contributed by atoms with E-state index in [4.69, 9.17) is 14.2 Å². The summed E-state index contributed by atoms with van der Waals surface area (Å²) in [4.78, 5) is 0. The number of rotatable bonds is 4. The van der Waals surface area contributed by atoms with Crippen LogP contribution >= 0.6 is 0 Å². The second-order valence-electron chi connectivity index (χ2n) is 4.46. The highest BCUT2D eigenvalue weighted by atomic mass is 16.7. The van der Waals surface area contributed by atoms with Crippen molar-refractivity contribution in [3.63, 3.8) is 0 Å². The van der Waals surface area contributed by atoms with E-state index in [9.17, 15) is 0 Å². The van der Waals surface area contributed by atoms with Crippen LogP contribution in [0.1, 0.15) is 31.7 Å². The minimum atomic E-state index is -0.0769. The van der Waals surface area contributed by atoms with Crippen LogP contribution in [-0.2, 0) is 9.47 Å². The average molecular weight is 248 g/mol. The molecule has 0 bridgehead atoms. The molecule has 1 heterocycles. The zero-order valence-electron chi connectivity index (χ0n) is 11.0. The number of allylic oxidation sites excluding steroid dienone is 1. The Hall–Kier alpha value is -1.48. The van der Waals surface area contributed by atoms with E-state index in [-0.39, 0.29) is 6.29 Å². The monoisotopic (exact) mass is 248 g/mol. The highest BCUT2D eigenvalue weighted by Crippen LogP contribution is 2.20. The lowest BCUT2D eigenvalue weighted by Crippen LogP contribution is -2.20. The Balaban J connectivity index is 1.93. The number of ether oxygens (including phenoxy) is 3. The molecule has 0 N–H and O–H groups in total. The Labute approximate surface area is 108 Å². The van der Waals surface area contributed by atoms with Gasteiger partial charge in [-0.1, -0.05) is 12.1 Å². The number of benzene rings is 1. The molecule has 3 nitrogen and oxygen atoms in total. The van der Waals surface area contributed by atoms with Crippen molar-refractivity contribution in [2.24, 2.45) is 0 Å². The molecule has 0 amide bonds. The largest absolute Gasteiger partial charge is 0.497 e. The van der Waals surface area contributed by atoms with Gasteiger partial charge in [-0.15, -0.1) is 0 Å². The van der Waals surface area contributed by atoms with Crippen molar-refractivity contribution in [3.05, 3.63) is 36.1 Å². The maximum atomic E-state index is 5.64. The highest BCUT2D eigenvalue weighted by Gasteiger charge is 2.13. The first-order valence-corrected chi connectivity index (χ1v) is 6.38. The molecular formula is C15H20O3. The SMILES string of the molecule is COc1ccc(/C(C)=C/OC2CCCCO2)cc1. The van der Waals surface area contributed by atoms with Gasteiger partial charge >= 0.3 is 0 Å². The first-order valence-electron chi connectivity index (χ1n) is 6.38. The Bertz CT molecular complexity index is 389. The van der Waals surface area contributed by atoms with Gasteiger partial charge in [-0.25, -0.2) is 0 Å². The lowest BCUT2D eigenvalue weighted by molar-refractivity contribution is -0.129. The average Bonchev–Trinajstić information content (AvgIpc) is 2.46. The van der Waals surface area contributed by atoms with Gasteiger partial charge in [0, 0.05) is 6.42 Å². The molecule has 0 saturated carbocycles. The summed E-state index contributed by atoms with van der Waals surface area (Å²) in [7, 11) is 1.67. The molecule has 1 aliphatic rings. The molecule has 1 saturated heterocycles. The van der Waals surface area contributed by atoms with E-state index in [0.717, 1.165) is 36.3 Å². The maximum Gasteiger partial charge on any atom is 0.198 e. The lowest BCUT2D eigenvalue weighted by Gasteiger charge is -2.22. The van der Waals surface area contributed by atoms with E-state index in [1.54, 1.807) is 13.4 Å². The zero-order chi connectivity index (χ0) is 12.8. The molecular weight excluding hydrogens is 228 g/mol. The standard InChI is InChI=1S/C15H20O3/c1-12(11-18-15-5-3-4-10-17-15)13-6-8-14(16-2)9-7-13/h6-9,11,15H,3-5,10H2,1-2H3/b12-11+. The molecule has 18 heavy (non-hydrogen) atoms. The van der Waals surface area contributed by atoms with E-state index >= 15 is 0 Å². The van der Waals surface area contributed by atoms with Gasteiger partial charge in [-0.05, 0) is 43.0 Å². The number of hydrogen-bond donors (Lipinski definition) is 0. The Kier molecular flexibility index (Phi) is 4.65. The van der Waals surface area contributed by atoms with Crippen molar-refractivity contribution >= 4 is 5.57 Å². The van der Waals surface area contributed by atoms with Gasteiger partial charge < -0.3 is 14.2 Å². The maximum absolute atomic E-state index is 5.64. The zero-order valence-corrected chi connectivity index (χ0v) is 11.0. The summed E-state index contributed by atoms with van der Waals surface area (Å²) in [5, 5.41) is 0. The van der Waals surface area contributed by atoms with Crippen molar-refractivity contribution in [1.82, 2.24) is 0 Å². The van der Waals surface area contributed by atoms with E-state index in [1.807, 2.05) is 31.2 Å². The van der Waals surface area contributed by atoms with Crippen LogP contribution in [0.3, 0.4) is 0 Å². The molecule has 98 valence electrons. The molecule has 1 aliphatic heterocycles. The number of methoxy groups -OCH3 is 1. The minimum absolute atomic E-state index is 0.0769. The fourth-order valence-electron chi connectivity index (χ4n) is 1.92. The Morgan fingerprint density at radius 3 is 2.67 bits per heavy atom. The third-order valence-corrected chi connectivity index (χ3v) is 3.08. The van der Waals surface area contributed by atoms with Crippen LogP contribution in [0.5, 0.6) is 5.75 Å². The van der Waals surface area contributed by atoms with Gasteiger partial charge in [0.2, 0.25) is 0 Å². The first-order chi connectivity index (χ1) is 8.79. The minimum Gasteiger partial charge on any atom is -0.497 e. The van der Waals surface area contributed by atoms with Crippen LogP contribution in [0.4, 0.5) is 0 Å². The van der Waals surface area contributed by atoms with E-state index in [0.29, 0.717) is 0 Å². The summed E-state index contributed by atoms with van der Waals surface area (Å²) in [6, 6.07) is 7.94. The highest BCUT2D eigenvalue weighted by molar-refractivity contribution is 5.63. The first kappa shape index (κ1) is 13.0. The van der Waals surface area contributed by atoms with Gasteiger partial charge in [0.1, 0.15) is 5.75 Å². The van der Waals surface area contributed by atoms with E-state index < -0.39 is 0 Å².